The Bertz CT molecular complexity index is 908. The minimum Gasteiger partial charge on any atom is -0.326 e. The molecule has 0 aliphatic carbocycles. The molecular weight excluding hydrogens is 336 g/mol. The van der Waals surface area contributed by atoms with E-state index >= 15 is 0 Å². The summed E-state index contributed by atoms with van der Waals surface area (Å²) in [5.41, 5.74) is 2.26. The van der Waals surface area contributed by atoms with Gasteiger partial charge in [0.25, 0.3) is 0 Å². The highest BCUT2D eigenvalue weighted by Crippen LogP contribution is 2.24. The maximum atomic E-state index is 12.3. The van der Waals surface area contributed by atoms with E-state index in [0.29, 0.717) is 11.4 Å². The van der Waals surface area contributed by atoms with Gasteiger partial charge in [0.05, 0.1) is 15.2 Å². The number of para-hydroxylation sites is 1. The number of urea groups is 1. The van der Waals surface area contributed by atoms with Gasteiger partial charge in [0.15, 0.2) is 0 Å². The van der Waals surface area contributed by atoms with Crippen LogP contribution in [0, 0.1) is 6.92 Å². The first kappa shape index (κ1) is 16.9. The summed E-state index contributed by atoms with van der Waals surface area (Å²) in [5.74, 6) is -0.288. The lowest BCUT2D eigenvalue weighted by atomic mass is 10.2. The molecule has 128 valence electrons. The molecule has 0 saturated heterocycles. The molecule has 3 rings (SSSR count). The van der Waals surface area contributed by atoms with Crippen LogP contribution >= 0.6 is 11.3 Å². The van der Waals surface area contributed by atoms with E-state index in [1.165, 1.54) is 0 Å². The van der Waals surface area contributed by atoms with Crippen LogP contribution in [0.5, 0.6) is 0 Å². The second-order valence-electron chi connectivity index (χ2n) is 5.59. The van der Waals surface area contributed by atoms with E-state index in [4.69, 9.17) is 0 Å². The number of amides is 3. The number of aryl methyl sites for hydroxylation is 1. The lowest BCUT2D eigenvalue weighted by Crippen LogP contribution is -2.43. The van der Waals surface area contributed by atoms with Crippen molar-refractivity contribution >= 4 is 44.9 Å². The summed E-state index contributed by atoms with van der Waals surface area (Å²) in [4.78, 5) is 28.6. The fourth-order valence-electron chi connectivity index (χ4n) is 2.32. The molecule has 1 unspecified atom stereocenters. The van der Waals surface area contributed by atoms with Gasteiger partial charge >= 0.3 is 6.03 Å². The number of anilines is 2. The van der Waals surface area contributed by atoms with Crippen LogP contribution in [0.1, 0.15) is 11.9 Å². The van der Waals surface area contributed by atoms with E-state index in [-0.39, 0.29) is 5.91 Å². The molecule has 7 heteroatoms. The zero-order valence-electron chi connectivity index (χ0n) is 13.9. The average Bonchev–Trinajstić information content (AvgIpc) is 2.94. The maximum Gasteiger partial charge on any atom is 0.319 e. The normalized spacial score (nSPS) is 11.8. The summed E-state index contributed by atoms with van der Waals surface area (Å²) < 4.78 is 1.01. The molecular formula is C18H18N4O2S. The Kier molecular flexibility index (Phi) is 4.95. The second-order valence-corrected chi connectivity index (χ2v) is 6.83. The van der Waals surface area contributed by atoms with Gasteiger partial charge in [0.2, 0.25) is 5.91 Å². The van der Waals surface area contributed by atoms with Gasteiger partial charge in [0, 0.05) is 11.4 Å². The van der Waals surface area contributed by atoms with Crippen LogP contribution in [-0.2, 0) is 4.79 Å². The zero-order chi connectivity index (χ0) is 17.8. The van der Waals surface area contributed by atoms with Gasteiger partial charge in [-0.3, -0.25) is 4.79 Å². The number of hydrogen-bond donors (Lipinski definition) is 3. The molecule has 6 nitrogen and oxygen atoms in total. The monoisotopic (exact) mass is 354 g/mol. The topological polar surface area (TPSA) is 83.1 Å². The van der Waals surface area contributed by atoms with E-state index in [2.05, 4.69) is 20.9 Å². The number of carbonyl (C=O) groups excluding carboxylic acids is 2. The highest BCUT2D eigenvalue weighted by Gasteiger charge is 2.16. The minimum atomic E-state index is -0.678. The summed E-state index contributed by atoms with van der Waals surface area (Å²) in [6.07, 6.45) is 0. The van der Waals surface area contributed by atoms with Gasteiger partial charge in [-0.1, -0.05) is 18.2 Å². The Balaban J connectivity index is 1.58. The van der Waals surface area contributed by atoms with Crippen molar-refractivity contribution in [1.29, 1.82) is 0 Å². The first-order chi connectivity index (χ1) is 12.0. The van der Waals surface area contributed by atoms with Crippen molar-refractivity contribution in [2.45, 2.75) is 19.9 Å². The largest absolute Gasteiger partial charge is 0.326 e. The van der Waals surface area contributed by atoms with Crippen molar-refractivity contribution in [2.24, 2.45) is 0 Å². The highest BCUT2D eigenvalue weighted by atomic mass is 32.1. The maximum absolute atomic E-state index is 12.3. The smallest absolute Gasteiger partial charge is 0.319 e. The van der Waals surface area contributed by atoms with Gasteiger partial charge in [-0.2, -0.15) is 0 Å². The number of nitrogens with one attached hydrogen (secondary N) is 3. The van der Waals surface area contributed by atoms with Crippen molar-refractivity contribution in [3.8, 4) is 0 Å². The molecule has 0 bridgehead atoms. The molecule has 2 aromatic carbocycles. The summed E-state index contributed by atoms with van der Waals surface area (Å²) in [6, 6.07) is 13.5. The zero-order valence-corrected chi connectivity index (χ0v) is 14.7. The molecule has 0 spiro atoms. The Morgan fingerprint density at radius 3 is 2.56 bits per heavy atom. The Morgan fingerprint density at radius 1 is 1.04 bits per heavy atom. The van der Waals surface area contributed by atoms with Crippen molar-refractivity contribution < 1.29 is 9.59 Å². The fraction of sp³-hybridized carbons (Fsp3) is 0.167. The van der Waals surface area contributed by atoms with Crippen molar-refractivity contribution in [3.05, 3.63) is 53.5 Å². The molecule has 25 heavy (non-hydrogen) atoms. The van der Waals surface area contributed by atoms with E-state index < -0.39 is 12.1 Å². The van der Waals surface area contributed by atoms with Crippen molar-refractivity contribution in [3.63, 3.8) is 0 Å². The first-order valence-electron chi connectivity index (χ1n) is 7.82. The number of aromatic nitrogens is 1. The van der Waals surface area contributed by atoms with Gasteiger partial charge in [-0.15, -0.1) is 11.3 Å². The predicted octanol–water partition coefficient (Wildman–Crippen LogP) is 3.75. The number of fused-ring (bicyclic) bond motifs is 1. The van der Waals surface area contributed by atoms with Crippen molar-refractivity contribution in [2.75, 3.05) is 10.6 Å². The molecule has 1 atom stereocenters. The van der Waals surface area contributed by atoms with Crippen molar-refractivity contribution in [1.82, 2.24) is 10.3 Å². The standard InChI is InChI=1S/C18H18N4O2S/c1-11(19-18(24)22-13-6-4-3-5-7-13)17(23)21-14-8-9-15-16(10-14)25-12(2)20-15/h3-11H,1-2H3,(H,21,23)(H2,19,22,24). The van der Waals surface area contributed by atoms with E-state index in [9.17, 15) is 9.59 Å². The van der Waals surface area contributed by atoms with Crippen LogP contribution in [0.4, 0.5) is 16.2 Å². The van der Waals surface area contributed by atoms with Crippen LogP contribution in [0.25, 0.3) is 10.2 Å². The van der Waals surface area contributed by atoms with Gasteiger partial charge < -0.3 is 16.0 Å². The molecule has 0 radical (unpaired) electrons. The lowest BCUT2D eigenvalue weighted by Gasteiger charge is -2.15. The predicted molar refractivity (Wildman–Crippen MR) is 101 cm³/mol. The van der Waals surface area contributed by atoms with Gasteiger partial charge in [0.1, 0.15) is 6.04 Å². The number of benzene rings is 2. The summed E-state index contributed by atoms with van der Waals surface area (Å²) >= 11 is 1.57. The number of thiazole rings is 1. The quantitative estimate of drug-likeness (QED) is 0.667. The highest BCUT2D eigenvalue weighted by molar-refractivity contribution is 7.18. The third-order valence-corrected chi connectivity index (χ3v) is 4.47. The third kappa shape index (κ3) is 4.33. The Morgan fingerprint density at radius 2 is 1.80 bits per heavy atom. The molecule has 0 aliphatic rings. The van der Waals surface area contributed by atoms with Crippen LogP contribution in [0.3, 0.4) is 0 Å². The average molecular weight is 354 g/mol. The third-order valence-electron chi connectivity index (χ3n) is 3.54. The fourth-order valence-corrected chi connectivity index (χ4v) is 3.19. The number of rotatable bonds is 4. The van der Waals surface area contributed by atoms with Crippen LogP contribution < -0.4 is 16.0 Å². The van der Waals surface area contributed by atoms with E-state index in [1.807, 2.05) is 37.3 Å². The van der Waals surface area contributed by atoms with E-state index in [0.717, 1.165) is 15.2 Å². The summed E-state index contributed by atoms with van der Waals surface area (Å²) in [5, 5.41) is 9.09. The summed E-state index contributed by atoms with van der Waals surface area (Å²) in [6.45, 7) is 3.58. The number of carbonyl (C=O) groups is 2. The molecule has 0 saturated carbocycles. The molecule has 0 fully saturated rings. The van der Waals surface area contributed by atoms with Crippen LogP contribution in [-0.4, -0.2) is 23.0 Å². The lowest BCUT2D eigenvalue weighted by molar-refractivity contribution is -0.117. The Hall–Kier alpha value is -2.93. The molecule has 3 aromatic rings. The van der Waals surface area contributed by atoms with Gasteiger partial charge in [-0.25, -0.2) is 9.78 Å². The van der Waals surface area contributed by atoms with Crippen LogP contribution in [0.15, 0.2) is 48.5 Å². The number of hydrogen-bond acceptors (Lipinski definition) is 4. The molecule has 1 aromatic heterocycles. The second kappa shape index (κ2) is 7.31. The molecule has 3 N–H and O–H groups in total. The molecule has 3 amide bonds. The molecule has 0 aliphatic heterocycles. The first-order valence-corrected chi connectivity index (χ1v) is 8.63. The van der Waals surface area contributed by atoms with Gasteiger partial charge in [-0.05, 0) is 44.2 Å². The SMILES string of the molecule is Cc1nc2ccc(NC(=O)C(C)NC(=O)Nc3ccccc3)cc2s1. The molecule has 1 heterocycles. The minimum absolute atomic E-state index is 0.288. The Labute approximate surface area is 149 Å². The summed E-state index contributed by atoms with van der Waals surface area (Å²) in [7, 11) is 0. The van der Waals surface area contributed by atoms with E-state index in [1.54, 1.807) is 36.5 Å². The number of nitrogens with zero attached hydrogens (tertiary/aromatic N) is 1. The van der Waals surface area contributed by atoms with Crippen LogP contribution in [0.2, 0.25) is 0 Å².